The first kappa shape index (κ1) is 19.4. The summed E-state index contributed by atoms with van der Waals surface area (Å²) in [6, 6.07) is 2.55. The molecule has 0 radical (unpaired) electrons. The second-order valence-electron chi connectivity index (χ2n) is 6.09. The molecular formula is C14H19BrCl2F2OSi. The fourth-order valence-corrected chi connectivity index (χ4v) is 3.03. The van der Waals surface area contributed by atoms with E-state index in [1.165, 1.54) is 12.1 Å². The van der Waals surface area contributed by atoms with Crippen LogP contribution in [0.2, 0.25) is 28.2 Å². The van der Waals surface area contributed by atoms with Crippen LogP contribution in [0, 0.1) is 0 Å². The van der Waals surface area contributed by atoms with Gasteiger partial charge in [-0.25, -0.2) is 0 Å². The maximum atomic E-state index is 14.3. The predicted octanol–water partition coefficient (Wildman–Crippen LogP) is 6.13. The normalized spacial score (nSPS) is 13.0. The third-order valence-electron chi connectivity index (χ3n) is 3.72. The SMILES string of the molecule is C[SiH](C)C(C)(C)COCC(F)(F)c1cc(Cl)c(Cl)cc1Br. The van der Waals surface area contributed by atoms with Gasteiger partial charge in [-0.15, -0.1) is 0 Å². The average Bonchev–Trinajstić information content (AvgIpc) is 2.32. The first-order chi connectivity index (χ1) is 9.47. The van der Waals surface area contributed by atoms with E-state index in [9.17, 15) is 8.78 Å². The molecule has 1 rings (SSSR count). The lowest BCUT2D eigenvalue weighted by atomic mass is 10.1. The fraction of sp³-hybridized carbons (Fsp3) is 0.571. The summed E-state index contributed by atoms with van der Waals surface area (Å²) in [7, 11) is -0.981. The molecule has 21 heavy (non-hydrogen) atoms. The van der Waals surface area contributed by atoms with E-state index >= 15 is 0 Å². The summed E-state index contributed by atoms with van der Waals surface area (Å²) in [5.41, 5.74) is -0.212. The van der Waals surface area contributed by atoms with Gasteiger partial charge in [0.15, 0.2) is 0 Å². The molecule has 0 N–H and O–H groups in total. The highest BCUT2D eigenvalue weighted by atomic mass is 79.9. The van der Waals surface area contributed by atoms with Crippen molar-refractivity contribution in [3.63, 3.8) is 0 Å². The van der Waals surface area contributed by atoms with Crippen LogP contribution >= 0.6 is 39.1 Å². The van der Waals surface area contributed by atoms with Crippen molar-refractivity contribution in [3.05, 3.63) is 32.2 Å². The second-order valence-corrected chi connectivity index (χ2v) is 11.6. The number of hydrogen-bond donors (Lipinski definition) is 0. The molecule has 0 heterocycles. The molecule has 7 heteroatoms. The van der Waals surface area contributed by atoms with E-state index in [0.717, 1.165) is 0 Å². The minimum Gasteiger partial charge on any atom is -0.375 e. The van der Waals surface area contributed by atoms with Crippen LogP contribution in [-0.2, 0) is 10.7 Å². The fourth-order valence-electron chi connectivity index (χ4n) is 1.49. The van der Waals surface area contributed by atoms with Gasteiger partial charge in [0.1, 0.15) is 6.61 Å². The van der Waals surface area contributed by atoms with E-state index in [4.69, 9.17) is 27.9 Å². The molecule has 0 saturated carbocycles. The number of hydrogen-bond acceptors (Lipinski definition) is 1. The van der Waals surface area contributed by atoms with Crippen LogP contribution in [0.4, 0.5) is 8.78 Å². The Bertz CT molecular complexity index is 510. The standard InChI is InChI=1S/C14H19BrCl2F2OSi/c1-13(2,21(3)4)7-20-8-14(18,19)9-5-11(16)12(17)6-10(9)15/h5-6,21H,7-8H2,1-4H3. The summed E-state index contributed by atoms with van der Waals surface area (Å²) in [6.07, 6.45) is 0. The van der Waals surface area contributed by atoms with Crippen LogP contribution < -0.4 is 0 Å². The summed E-state index contributed by atoms with van der Waals surface area (Å²) in [5.74, 6) is -3.12. The van der Waals surface area contributed by atoms with E-state index < -0.39 is 21.3 Å². The summed E-state index contributed by atoms with van der Waals surface area (Å²) in [5, 5.41) is 0.311. The lowest BCUT2D eigenvalue weighted by molar-refractivity contribution is -0.0866. The molecule has 120 valence electrons. The highest BCUT2D eigenvalue weighted by Gasteiger charge is 2.36. The highest BCUT2D eigenvalue weighted by molar-refractivity contribution is 9.10. The number of rotatable bonds is 6. The van der Waals surface area contributed by atoms with Crippen molar-refractivity contribution >= 4 is 47.9 Å². The molecule has 1 aromatic rings. The summed E-state index contributed by atoms with van der Waals surface area (Å²) in [6.45, 7) is 8.11. The van der Waals surface area contributed by atoms with Gasteiger partial charge in [-0.3, -0.25) is 0 Å². The molecule has 0 saturated heterocycles. The molecule has 0 fully saturated rings. The first-order valence-electron chi connectivity index (χ1n) is 6.58. The van der Waals surface area contributed by atoms with Gasteiger partial charge in [0.05, 0.1) is 10.0 Å². The Morgan fingerprint density at radius 3 is 2.19 bits per heavy atom. The van der Waals surface area contributed by atoms with Gasteiger partial charge in [0, 0.05) is 25.4 Å². The maximum absolute atomic E-state index is 14.3. The van der Waals surface area contributed by atoms with E-state index in [0.29, 0.717) is 6.61 Å². The minimum absolute atomic E-state index is 0.0229. The second kappa shape index (κ2) is 7.26. The van der Waals surface area contributed by atoms with Crippen molar-refractivity contribution in [2.45, 2.75) is 37.9 Å². The number of ether oxygens (including phenoxy) is 1. The van der Waals surface area contributed by atoms with Crippen LogP contribution in [0.1, 0.15) is 19.4 Å². The third kappa shape index (κ3) is 5.17. The molecule has 0 unspecified atom stereocenters. The molecule has 0 atom stereocenters. The van der Waals surface area contributed by atoms with Crippen LogP contribution in [0.3, 0.4) is 0 Å². The molecule has 0 aliphatic rings. The molecule has 1 nitrogen and oxygen atoms in total. The Labute approximate surface area is 144 Å². The Morgan fingerprint density at radius 2 is 1.67 bits per heavy atom. The summed E-state index contributed by atoms with van der Waals surface area (Å²) in [4.78, 5) is 0. The maximum Gasteiger partial charge on any atom is 0.297 e. The quantitative estimate of drug-likeness (QED) is 0.398. The zero-order valence-electron chi connectivity index (χ0n) is 12.4. The molecular weight excluding hydrogens is 401 g/mol. The van der Waals surface area contributed by atoms with E-state index in [1.54, 1.807) is 0 Å². The van der Waals surface area contributed by atoms with Gasteiger partial charge in [0.2, 0.25) is 0 Å². The van der Waals surface area contributed by atoms with Crippen LogP contribution in [0.25, 0.3) is 0 Å². The van der Waals surface area contributed by atoms with Crippen molar-refractivity contribution in [1.82, 2.24) is 0 Å². The van der Waals surface area contributed by atoms with Crippen molar-refractivity contribution in [2.24, 2.45) is 0 Å². The van der Waals surface area contributed by atoms with Gasteiger partial charge in [-0.1, -0.05) is 66.1 Å². The molecule has 0 aliphatic heterocycles. The lowest BCUT2D eigenvalue weighted by Crippen LogP contribution is -2.29. The Morgan fingerprint density at radius 1 is 1.14 bits per heavy atom. The molecule has 1 aromatic carbocycles. The zero-order valence-corrected chi connectivity index (χ0v) is 16.7. The lowest BCUT2D eigenvalue weighted by Gasteiger charge is -2.29. The van der Waals surface area contributed by atoms with Gasteiger partial charge >= 0.3 is 0 Å². The van der Waals surface area contributed by atoms with Crippen molar-refractivity contribution in [2.75, 3.05) is 13.2 Å². The van der Waals surface area contributed by atoms with Crippen LogP contribution in [0.5, 0.6) is 0 Å². The van der Waals surface area contributed by atoms with Gasteiger partial charge in [-0.2, -0.15) is 8.78 Å². The monoisotopic (exact) mass is 418 g/mol. The van der Waals surface area contributed by atoms with Gasteiger partial charge < -0.3 is 4.74 Å². The number of halogens is 5. The third-order valence-corrected chi connectivity index (χ3v) is 8.40. The van der Waals surface area contributed by atoms with E-state index in [1.807, 2.05) is 0 Å². The molecule has 0 bridgehead atoms. The number of benzene rings is 1. The van der Waals surface area contributed by atoms with Crippen LogP contribution in [-0.4, -0.2) is 22.0 Å². The smallest absolute Gasteiger partial charge is 0.297 e. The van der Waals surface area contributed by atoms with Crippen molar-refractivity contribution in [3.8, 4) is 0 Å². The highest BCUT2D eigenvalue weighted by Crippen LogP contribution is 2.39. The van der Waals surface area contributed by atoms with E-state index in [2.05, 4.69) is 42.9 Å². The minimum atomic E-state index is -3.12. The number of alkyl halides is 2. The topological polar surface area (TPSA) is 9.23 Å². The van der Waals surface area contributed by atoms with E-state index in [-0.39, 0.29) is 25.1 Å². The molecule has 0 spiro atoms. The molecule has 0 aliphatic carbocycles. The van der Waals surface area contributed by atoms with Crippen molar-refractivity contribution < 1.29 is 13.5 Å². The Kier molecular flexibility index (Phi) is 6.69. The first-order valence-corrected chi connectivity index (χ1v) is 11.0. The van der Waals surface area contributed by atoms with Gasteiger partial charge in [-0.05, 0) is 17.2 Å². The van der Waals surface area contributed by atoms with Crippen LogP contribution in [0.15, 0.2) is 16.6 Å². The molecule has 0 amide bonds. The summed E-state index contributed by atoms with van der Waals surface area (Å²) < 4.78 is 34.0. The zero-order chi connectivity index (χ0) is 16.4. The predicted molar refractivity (Wildman–Crippen MR) is 91.8 cm³/mol. The Hall–Kier alpha value is 0.317. The summed E-state index contributed by atoms with van der Waals surface area (Å²) >= 11 is 14.7. The van der Waals surface area contributed by atoms with Crippen molar-refractivity contribution in [1.29, 1.82) is 0 Å². The average molecular weight is 420 g/mol. The van der Waals surface area contributed by atoms with Gasteiger partial charge in [0.25, 0.3) is 5.92 Å². The largest absolute Gasteiger partial charge is 0.375 e. The Balaban J connectivity index is 2.81. The molecule has 0 aromatic heterocycles.